The smallest absolute Gasteiger partial charge is 0.376 e. The van der Waals surface area contributed by atoms with Gasteiger partial charge in [0.25, 0.3) is 0 Å². The Morgan fingerprint density at radius 2 is 1.94 bits per heavy atom. The monoisotopic (exact) mass is 251 g/mol. The molecule has 1 atom stereocenters. The minimum Gasteiger partial charge on any atom is -0.452 e. The number of esters is 1. The average molecular weight is 251 g/mol. The van der Waals surface area contributed by atoms with E-state index in [9.17, 15) is 14.4 Å². The molecule has 0 unspecified atom stereocenters. The van der Waals surface area contributed by atoms with E-state index in [2.05, 4.69) is 15.3 Å². The number of rotatable bonds is 5. The van der Waals surface area contributed by atoms with Gasteiger partial charge in [-0.15, -0.1) is 0 Å². The van der Waals surface area contributed by atoms with Gasteiger partial charge in [-0.2, -0.15) is 0 Å². The summed E-state index contributed by atoms with van der Waals surface area (Å²) in [5.41, 5.74) is 0. The average Bonchev–Trinajstić information content (AvgIpc) is 2.35. The lowest BCUT2D eigenvalue weighted by Gasteiger charge is -2.10. The quantitative estimate of drug-likeness (QED) is 0.723. The Hall–Kier alpha value is -2.31. The number of nitrogens with one attached hydrogen (secondary N) is 1. The molecule has 1 amide bonds. The minimum absolute atomic E-state index is 0.113. The number of ketones is 1. The van der Waals surface area contributed by atoms with Gasteiger partial charge in [-0.3, -0.25) is 9.59 Å². The van der Waals surface area contributed by atoms with E-state index < -0.39 is 24.4 Å². The van der Waals surface area contributed by atoms with E-state index in [0.717, 1.165) is 0 Å². The zero-order valence-corrected chi connectivity index (χ0v) is 10.0. The second-order valence-electron chi connectivity index (χ2n) is 3.54. The Labute approximate surface area is 104 Å². The predicted molar refractivity (Wildman–Crippen MR) is 60.6 cm³/mol. The zero-order chi connectivity index (χ0) is 13.5. The summed E-state index contributed by atoms with van der Waals surface area (Å²) >= 11 is 0. The molecule has 1 rings (SSSR count). The number of ether oxygens (including phenoxy) is 1. The van der Waals surface area contributed by atoms with Gasteiger partial charge in [-0.05, 0) is 13.0 Å². The third-order valence-electron chi connectivity index (χ3n) is 2.00. The molecule has 0 aliphatic heterocycles. The van der Waals surface area contributed by atoms with Crippen LogP contribution in [0.1, 0.15) is 24.5 Å². The molecule has 0 saturated carbocycles. The van der Waals surface area contributed by atoms with Gasteiger partial charge in [0.05, 0.1) is 6.04 Å². The van der Waals surface area contributed by atoms with Crippen LogP contribution in [0.4, 0.5) is 0 Å². The van der Waals surface area contributed by atoms with Crippen molar-refractivity contribution in [1.82, 2.24) is 15.3 Å². The molecule has 7 nitrogen and oxygen atoms in total. The standard InChI is InChI=1S/C11H13N3O4/c1-7(14-8(2)15)9(16)6-18-11(17)10-12-4-3-5-13-10/h3-5,7H,6H2,1-2H3,(H,14,15)/t7-/m0/s1. The van der Waals surface area contributed by atoms with Gasteiger partial charge in [-0.1, -0.05) is 0 Å². The number of carbonyl (C=O) groups is 3. The van der Waals surface area contributed by atoms with Crippen LogP contribution in [0.15, 0.2) is 18.5 Å². The number of hydrogen-bond acceptors (Lipinski definition) is 6. The molecule has 7 heteroatoms. The molecule has 18 heavy (non-hydrogen) atoms. The summed E-state index contributed by atoms with van der Waals surface area (Å²) in [7, 11) is 0. The van der Waals surface area contributed by atoms with Crippen LogP contribution in [-0.4, -0.2) is 40.3 Å². The maximum atomic E-state index is 11.5. The van der Waals surface area contributed by atoms with Crippen LogP contribution < -0.4 is 5.32 Å². The Morgan fingerprint density at radius 1 is 1.33 bits per heavy atom. The van der Waals surface area contributed by atoms with E-state index in [1.807, 2.05) is 0 Å². The third kappa shape index (κ3) is 4.28. The lowest BCUT2D eigenvalue weighted by atomic mass is 10.2. The fourth-order valence-corrected chi connectivity index (χ4v) is 1.12. The van der Waals surface area contributed by atoms with Crippen molar-refractivity contribution in [1.29, 1.82) is 0 Å². The summed E-state index contributed by atoms with van der Waals surface area (Å²) in [5, 5.41) is 2.39. The van der Waals surface area contributed by atoms with Gasteiger partial charge in [0.15, 0.2) is 12.4 Å². The summed E-state index contributed by atoms with van der Waals surface area (Å²) in [6.45, 7) is 2.38. The van der Waals surface area contributed by atoms with Crippen LogP contribution in [0, 0.1) is 0 Å². The topological polar surface area (TPSA) is 98.2 Å². The van der Waals surface area contributed by atoms with Crippen molar-refractivity contribution >= 4 is 17.7 Å². The largest absolute Gasteiger partial charge is 0.452 e. The number of nitrogens with zero attached hydrogens (tertiary/aromatic N) is 2. The fraction of sp³-hybridized carbons (Fsp3) is 0.364. The first kappa shape index (κ1) is 13.8. The minimum atomic E-state index is -0.779. The van der Waals surface area contributed by atoms with Crippen LogP contribution in [0.25, 0.3) is 0 Å². The Bertz CT molecular complexity index is 447. The van der Waals surface area contributed by atoms with E-state index in [-0.39, 0.29) is 11.7 Å². The fourth-order valence-electron chi connectivity index (χ4n) is 1.12. The lowest BCUT2D eigenvalue weighted by Crippen LogP contribution is -2.39. The zero-order valence-electron chi connectivity index (χ0n) is 10.0. The summed E-state index contributed by atoms with van der Waals surface area (Å²) in [5.74, 6) is -1.63. The van der Waals surface area contributed by atoms with Crippen LogP contribution in [-0.2, 0) is 14.3 Å². The van der Waals surface area contributed by atoms with Crippen LogP contribution in [0.3, 0.4) is 0 Å². The van der Waals surface area contributed by atoms with Gasteiger partial charge in [0, 0.05) is 19.3 Å². The molecule has 0 fully saturated rings. The van der Waals surface area contributed by atoms with Gasteiger partial charge >= 0.3 is 5.97 Å². The normalized spacial score (nSPS) is 11.4. The summed E-state index contributed by atoms with van der Waals surface area (Å²) in [6, 6.07) is 0.854. The third-order valence-corrected chi connectivity index (χ3v) is 2.00. The molecule has 1 aromatic rings. The van der Waals surface area contributed by atoms with Crippen molar-refractivity contribution < 1.29 is 19.1 Å². The molecular weight excluding hydrogens is 238 g/mol. The Balaban J connectivity index is 2.44. The van der Waals surface area contributed by atoms with Crippen molar-refractivity contribution in [3.05, 3.63) is 24.3 Å². The van der Waals surface area contributed by atoms with Crippen molar-refractivity contribution in [2.24, 2.45) is 0 Å². The highest BCUT2D eigenvalue weighted by molar-refractivity contribution is 5.92. The maximum absolute atomic E-state index is 11.5. The van der Waals surface area contributed by atoms with E-state index in [1.165, 1.54) is 26.2 Å². The highest BCUT2D eigenvalue weighted by Crippen LogP contribution is 1.94. The Kier molecular flexibility index (Phi) is 4.91. The van der Waals surface area contributed by atoms with E-state index in [0.29, 0.717) is 0 Å². The molecule has 0 radical (unpaired) electrons. The highest BCUT2D eigenvalue weighted by atomic mass is 16.5. The van der Waals surface area contributed by atoms with Crippen LogP contribution in [0.2, 0.25) is 0 Å². The second kappa shape index (κ2) is 6.43. The molecule has 0 aromatic carbocycles. The summed E-state index contributed by atoms with van der Waals surface area (Å²) in [6.07, 6.45) is 2.79. The first-order valence-electron chi connectivity index (χ1n) is 5.24. The SMILES string of the molecule is CC(=O)N[C@@H](C)C(=O)COC(=O)c1ncccn1. The molecule has 0 spiro atoms. The first-order chi connectivity index (χ1) is 8.50. The molecule has 1 N–H and O–H groups in total. The summed E-state index contributed by atoms with van der Waals surface area (Å²) < 4.78 is 4.73. The van der Waals surface area contributed by atoms with Gasteiger partial charge in [-0.25, -0.2) is 14.8 Å². The number of amides is 1. The van der Waals surface area contributed by atoms with E-state index in [1.54, 1.807) is 6.07 Å². The summed E-state index contributed by atoms with van der Waals surface area (Å²) in [4.78, 5) is 41.0. The Morgan fingerprint density at radius 3 is 2.50 bits per heavy atom. The molecule has 96 valence electrons. The highest BCUT2D eigenvalue weighted by Gasteiger charge is 2.17. The molecular formula is C11H13N3O4. The van der Waals surface area contributed by atoms with Crippen molar-refractivity contribution in [3.8, 4) is 0 Å². The van der Waals surface area contributed by atoms with Crippen molar-refractivity contribution in [2.45, 2.75) is 19.9 Å². The molecule has 0 bridgehead atoms. The maximum Gasteiger partial charge on any atom is 0.376 e. The second-order valence-corrected chi connectivity index (χ2v) is 3.54. The lowest BCUT2D eigenvalue weighted by molar-refractivity contribution is -0.128. The predicted octanol–water partition coefficient (Wildman–Crippen LogP) is -0.273. The van der Waals surface area contributed by atoms with Gasteiger partial charge < -0.3 is 10.1 Å². The molecule has 0 aliphatic carbocycles. The molecule has 1 aromatic heterocycles. The van der Waals surface area contributed by atoms with Crippen molar-refractivity contribution in [2.75, 3.05) is 6.61 Å². The van der Waals surface area contributed by atoms with Crippen molar-refractivity contribution in [3.63, 3.8) is 0 Å². The molecule has 0 aliphatic rings. The van der Waals surface area contributed by atoms with E-state index >= 15 is 0 Å². The van der Waals surface area contributed by atoms with Crippen LogP contribution >= 0.6 is 0 Å². The number of hydrogen-bond donors (Lipinski definition) is 1. The van der Waals surface area contributed by atoms with Gasteiger partial charge in [0.1, 0.15) is 0 Å². The first-order valence-corrected chi connectivity index (χ1v) is 5.24. The molecule has 1 heterocycles. The molecule has 0 saturated heterocycles. The number of aromatic nitrogens is 2. The van der Waals surface area contributed by atoms with Crippen LogP contribution in [0.5, 0.6) is 0 Å². The van der Waals surface area contributed by atoms with Gasteiger partial charge in [0.2, 0.25) is 11.7 Å². The number of Topliss-reactive ketones (excluding diaryl/α,β-unsaturated/α-hetero) is 1. The number of carbonyl (C=O) groups excluding carboxylic acids is 3. The van der Waals surface area contributed by atoms with E-state index in [4.69, 9.17) is 4.74 Å².